The zero-order valence-corrected chi connectivity index (χ0v) is 28.2. The first-order chi connectivity index (χ1) is 21.3. The molecule has 246 valence electrons. The molecule has 1 saturated heterocycles. The van der Waals surface area contributed by atoms with Gasteiger partial charge < -0.3 is 19.9 Å². The fourth-order valence-corrected chi connectivity index (χ4v) is 7.18. The number of benzene rings is 1. The van der Waals surface area contributed by atoms with Crippen LogP contribution in [0.5, 0.6) is 0 Å². The van der Waals surface area contributed by atoms with Gasteiger partial charge in [0, 0.05) is 12.1 Å². The van der Waals surface area contributed by atoms with Gasteiger partial charge in [0.25, 0.3) is 11.8 Å². The van der Waals surface area contributed by atoms with Crippen molar-refractivity contribution >= 4 is 17.6 Å². The van der Waals surface area contributed by atoms with E-state index >= 15 is 0 Å². The third kappa shape index (κ3) is 7.39. The Hall–Kier alpha value is -3.34. The average molecular weight is 621 g/mol. The number of aliphatic imine (C=N–C) groups is 1. The molecule has 5 rings (SSSR count). The van der Waals surface area contributed by atoms with E-state index in [1.807, 2.05) is 24.3 Å². The van der Waals surface area contributed by atoms with Crippen molar-refractivity contribution in [3.05, 3.63) is 41.2 Å². The molecule has 3 heterocycles. The van der Waals surface area contributed by atoms with E-state index < -0.39 is 5.66 Å². The lowest BCUT2D eigenvalue weighted by Gasteiger charge is -2.47. The number of nitrogens with zero attached hydrogens (tertiary/aromatic N) is 6. The quantitative estimate of drug-likeness (QED) is 0.411. The number of hydrogen-bond acceptors (Lipinski definition) is 8. The second kappa shape index (κ2) is 13.2. The van der Waals surface area contributed by atoms with Crippen LogP contribution in [-0.2, 0) is 16.1 Å². The molecule has 2 aromatic rings. The minimum absolute atomic E-state index is 0.0328. The lowest BCUT2D eigenvalue weighted by molar-refractivity contribution is -0.134. The number of nitrogens with one attached hydrogen (secondary N) is 2. The molecule has 1 saturated carbocycles. The summed E-state index contributed by atoms with van der Waals surface area (Å²) >= 11 is 0. The fraction of sp³-hybridized carbons (Fsp3) is 0.706. The van der Waals surface area contributed by atoms with Crippen LogP contribution in [0.2, 0.25) is 0 Å². The van der Waals surface area contributed by atoms with Crippen molar-refractivity contribution in [1.29, 1.82) is 0 Å². The SMILES string of the molecule is CCC1COCCN1C1=NC2(CCC(C(C)(C)C)CC2)N([C@H](CCC(C)(C)C)c2ccc(C(=O)NCc3nn[nH]n3)cc2)C1=O. The lowest BCUT2D eigenvalue weighted by Crippen LogP contribution is -2.54. The van der Waals surface area contributed by atoms with Gasteiger partial charge in [-0.25, -0.2) is 4.99 Å². The van der Waals surface area contributed by atoms with Gasteiger partial charge in [0.2, 0.25) is 0 Å². The van der Waals surface area contributed by atoms with Crippen LogP contribution in [0.1, 0.15) is 121 Å². The highest BCUT2D eigenvalue weighted by Gasteiger charge is 2.54. The molecular formula is C34H52N8O3. The largest absolute Gasteiger partial charge is 0.377 e. The molecule has 2 amide bonds. The Labute approximate surface area is 267 Å². The zero-order valence-electron chi connectivity index (χ0n) is 28.2. The number of aromatic amines is 1. The second-order valence-corrected chi connectivity index (χ2v) is 15.3. The molecule has 0 bridgehead atoms. The number of tetrazole rings is 1. The maximum atomic E-state index is 14.8. The average Bonchev–Trinajstić information content (AvgIpc) is 3.62. The van der Waals surface area contributed by atoms with Crippen LogP contribution in [0.3, 0.4) is 0 Å². The molecule has 1 unspecified atom stereocenters. The Balaban J connectivity index is 1.48. The van der Waals surface area contributed by atoms with E-state index in [1.165, 1.54) is 0 Å². The van der Waals surface area contributed by atoms with Gasteiger partial charge in [0.1, 0.15) is 5.66 Å². The monoisotopic (exact) mass is 620 g/mol. The number of rotatable bonds is 8. The summed E-state index contributed by atoms with van der Waals surface area (Å²) < 4.78 is 5.81. The Morgan fingerprint density at radius 3 is 2.44 bits per heavy atom. The van der Waals surface area contributed by atoms with Crippen molar-refractivity contribution in [2.24, 2.45) is 21.7 Å². The van der Waals surface area contributed by atoms with Crippen LogP contribution in [-0.4, -0.2) is 79.5 Å². The molecule has 45 heavy (non-hydrogen) atoms. The summed E-state index contributed by atoms with van der Waals surface area (Å²) in [5, 5.41) is 16.6. The van der Waals surface area contributed by atoms with E-state index in [1.54, 1.807) is 0 Å². The number of carbonyl (C=O) groups is 2. The molecule has 2 aliphatic heterocycles. The smallest absolute Gasteiger partial charge is 0.291 e. The minimum atomic E-state index is -0.575. The number of amides is 2. The summed E-state index contributed by atoms with van der Waals surface area (Å²) in [6.07, 6.45) is 6.44. The van der Waals surface area contributed by atoms with Crippen molar-refractivity contribution in [3.63, 3.8) is 0 Å². The highest BCUT2D eigenvalue weighted by molar-refractivity contribution is 6.39. The standard InChI is InChI=1S/C34H52N8O3/c1-8-26-22-45-20-19-41(26)29-31(44)42(34(36-29)17-13-25(14-18-34)33(5,6)7)27(15-16-32(2,3)4)23-9-11-24(12-10-23)30(43)35-21-28-37-39-40-38-28/h9-12,25-27H,8,13-22H2,1-7H3,(H,35,43)(H,37,38,39,40)/t25?,26?,27-,34?/m1/s1. The molecule has 1 spiro atoms. The van der Waals surface area contributed by atoms with Gasteiger partial charge in [0.05, 0.1) is 31.8 Å². The van der Waals surface area contributed by atoms with Gasteiger partial charge in [-0.3, -0.25) is 9.59 Å². The lowest BCUT2D eigenvalue weighted by atomic mass is 9.69. The summed E-state index contributed by atoms with van der Waals surface area (Å²) in [6.45, 7) is 18.0. The van der Waals surface area contributed by atoms with E-state index in [0.717, 1.165) is 50.5 Å². The number of amidine groups is 1. The predicted octanol–water partition coefficient (Wildman–Crippen LogP) is 5.28. The molecule has 3 aliphatic rings. The van der Waals surface area contributed by atoms with Crippen LogP contribution in [0.4, 0.5) is 0 Å². The third-order valence-electron chi connectivity index (χ3n) is 9.99. The Morgan fingerprint density at radius 1 is 1.13 bits per heavy atom. The maximum Gasteiger partial charge on any atom is 0.291 e. The van der Waals surface area contributed by atoms with Crippen molar-refractivity contribution in [2.45, 2.75) is 118 Å². The first-order valence-electron chi connectivity index (χ1n) is 16.7. The Kier molecular flexibility index (Phi) is 9.68. The number of H-pyrrole nitrogens is 1. The summed E-state index contributed by atoms with van der Waals surface area (Å²) in [7, 11) is 0. The second-order valence-electron chi connectivity index (χ2n) is 15.3. The van der Waals surface area contributed by atoms with E-state index in [4.69, 9.17) is 9.73 Å². The molecule has 1 aromatic heterocycles. The van der Waals surface area contributed by atoms with Gasteiger partial charge in [-0.15, -0.1) is 10.2 Å². The number of ether oxygens (including phenoxy) is 1. The Bertz CT molecular complexity index is 1330. The first kappa shape index (κ1) is 33.0. The van der Waals surface area contributed by atoms with Crippen LogP contribution in [0.25, 0.3) is 0 Å². The van der Waals surface area contributed by atoms with Gasteiger partial charge in [-0.2, -0.15) is 5.21 Å². The molecule has 2 fully saturated rings. The summed E-state index contributed by atoms with van der Waals surface area (Å²) in [4.78, 5) is 37.5. The van der Waals surface area contributed by atoms with Crippen LogP contribution >= 0.6 is 0 Å². The highest BCUT2D eigenvalue weighted by atomic mass is 16.5. The van der Waals surface area contributed by atoms with Crippen molar-refractivity contribution in [3.8, 4) is 0 Å². The number of aromatic nitrogens is 4. The van der Waals surface area contributed by atoms with Crippen LogP contribution < -0.4 is 5.32 Å². The maximum absolute atomic E-state index is 14.8. The molecule has 2 N–H and O–H groups in total. The molecule has 11 nitrogen and oxygen atoms in total. The van der Waals surface area contributed by atoms with Crippen LogP contribution in [0, 0.1) is 16.7 Å². The zero-order chi connectivity index (χ0) is 32.4. The van der Waals surface area contributed by atoms with Gasteiger partial charge >= 0.3 is 0 Å². The number of morpholine rings is 1. The number of carbonyl (C=O) groups excluding carboxylic acids is 2. The molecule has 11 heteroatoms. The fourth-order valence-electron chi connectivity index (χ4n) is 7.18. The minimum Gasteiger partial charge on any atom is -0.377 e. The van der Waals surface area contributed by atoms with E-state index in [0.29, 0.717) is 42.9 Å². The predicted molar refractivity (Wildman–Crippen MR) is 173 cm³/mol. The topological polar surface area (TPSA) is 129 Å². The molecule has 2 atom stereocenters. The summed E-state index contributed by atoms with van der Waals surface area (Å²) in [5.41, 5.74) is 1.30. The molecule has 1 aromatic carbocycles. The van der Waals surface area contributed by atoms with Gasteiger partial charge in [0.15, 0.2) is 11.7 Å². The van der Waals surface area contributed by atoms with E-state index in [9.17, 15) is 9.59 Å². The van der Waals surface area contributed by atoms with Crippen LogP contribution in [0.15, 0.2) is 29.3 Å². The van der Waals surface area contributed by atoms with Crippen molar-refractivity contribution < 1.29 is 14.3 Å². The van der Waals surface area contributed by atoms with Gasteiger partial charge in [-0.05, 0) is 79.4 Å². The van der Waals surface area contributed by atoms with Crippen molar-refractivity contribution in [1.82, 2.24) is 35.7 Å². The van der Waals surface area contributed by atoms with E-state index in [2.05, 4.69) is 84.2 Å². The Morgan fingerprint density at radius 2 is 1.84 bits per heavy atom. The normalized spacial score (nSPS) is 25.0. The summed E-state index contributed by atoms with van der Waals surface area (Å²) in [5.74, 6) is 1.44. The first-order valence-corrected chi connectivity index (χ1v) is 16.7. The molecule has 0 radical (unpaired) electrons. The molecular weight excluding hydrogens is 568 g/mol. The number of hydrogen-bond donors (Lipinski definition) is 2. The van der Waals surface area contributed by atoms with Crippen molar-refractivity contribution in [2.75, 3.05) is 19.8 Å². The third-order valence-corrected chi connectivity index (χ3v) is 9.99. The molecule has 1 aliphatic carbocycles. The van der Waals surface area contributed by atoms with E-state index in [-0.39, 0.29) is 41.3 Å². The van der Waals surface area contributed by atoms with Gasteiger partial charge in [-0.1, -0.05) is 65.8 Å². The highest BCUT2D eigenvalue weighted by Crippen LogP contribution is 2.50. The summed E-state index contributed by atoms with van der Waals surface area (Å²) in [6, 6.07) is 7.71.